The average Bonchev–Trinajstić information content (AvgIpc) is 3.33. The molecule has 7 nitrogen and oxygen atoms in total. The molecule has 0 unspecified atom stereocenters. The van der Waals surface area contributed by atoms with Crippen molar-refractivity contribution in [3.05, 3.63) is 108 Å². The molecule has 0 spiro atoms. The summed E-state index contributed by atoms with van der Waals surface area (Å²) in [4.78, 5) is 20.1. The molecule has 0 atom stereocenters. The Morgan fingerprint density at radius 3 is 2.66 bits per heavy atom. The molecule has 1 fully saturated rings. The van der Waals surface area contributed by atoms with E-state index in [0.29, 0.717) is 11.4 Å². The zero-order valence-corrected chi connectivity index (χ0v) is 21.1. The molecule has 4 aromatic rings. The van der Waals surface area contributed by atoms with E-state index < -0.39 is 0 Å². The largest absolute Gasteiger partial charge is 0.456 e. The monoisotopic (exact) mass is 503 g/mol. The fraction of sp³-hybridized carbons (Fsp3) is 0.194. The molecular weight excluding hydrogens is 474 g/mol. The second-order valence-electron chi connectivity index (χ2n) is 9.59. The number of ether oxygens (including phenoxy) is 1. The molecular formula is C31H29N5O2. The molecule has 0 bridgehead atoms. The molecule has 3 heterocycles. The van der Waals surface area contributed by atoms with Crippen molar-refractivity contribution in [2.24, 2.45) is 0 Å². The molecule has 0 radical (unpaired) electrons. The second kappa shape index (κ2) is 10.9. The lowest BCUT2D eigenvalue weighted by atomic mass is 10.0. The van der Waals surface area contributed by atoms with Crippen LogP contribution in [0.5, 0.6) is 11.5 Å². The SMILES string of the molecule is O=C(NC1=CCCC=C(CN2CCC2)C=C1)c1n[nH]c2ccc(-c3cncc(Oc4ccccc4)c3)cc12. The van der Waals surface area contributed by atoms with E-state index >= 15 is 0 Å². The summed E-state index contributed by atoms with van der Waals surface area (Å²) in [6.45, 7) is 3.30. The van der Waals surface area contributed by atoms with Gasteiger partial charge in [0.05, 0.1) is 11.7 Å². The topological polar surface area (TPSA) is 83.1 Å². The van der Waals surface area contributed by atoms with Gasteiger partial charge in [-0.05, 0) is 79.9 Å². The predicted molar refractivity (Wildman–Crippen MR) is 149 cm³/mol. The summed E-state index contributed by atoms with van der Waals surface area (Å²) < 4.78 is 5.95. The summed E-state index contributed by atoms with van der Waals surface area (Å²) in [5, 5.41) is 11.1. The third-order valence-electron chi connectivity index (χ3n) is 6.83. The summed E-state index contributed by atoms with van der Waals surface area (Å²) in [6.07, 6.45) is 15.1. The molecule has 6 rings (SSSR count). The van der Waals surface area contributed by atoms with Crippen LogP contribution in [-0.4, -0.2) is 45.6 Å². The van der Waals surface area contributed by atoms with Crippen LogP contribution in [0.25, 0.3) is 22.0 Å². The number of rotatable bonds is 7. The van der Waals surface area contributed by atoms with Crippen molar-refractivity contribution < 1.29 is 9.53 Å². The minimum absolute atomic E-state index is 0.238. The number of pyridine rings is 1. The Bertz CT molecular complexity index is 1550. The van der Waals surface area contributed by atoms with E-state index in [1.54, 1.807) is 12.4 Å². The van der Waals surface area contributed by atoms with Crippen LogP contribution in [0.2, 0.25) is 0 Å². The molecule has 1 saturated heterocycles. The maximum absolute atomic E-state index is 13.3. The number of hydrogen-bond donors (Lipinski definition) is 2. The zero-order valence-electron chi connectivity index (χ0n) is 21.1. The van der Waals surface area contributed by atoms with Crippen LogP contribution in [0.4, 0.5) is 0 Å². The average molecular weight is 504 g/mol. The fourth-order valence-corrected chi connectivity index (χ4v) is 4.66. The van der Waals surface area contributed by atoms with E-state index in [9.17, 15) is 4.79 Å². The van der Waals surface area contributed by atoms with Crippen molar-refractivity contribution in [2.45, 2.75) is 19.3 Å². The van der Waals surface area contributed by atoms with Crippen LogP contribution >= 0.6 is 0 Å². The summed E-state index contributed by atoms with van der Waals surface area (Å²) in [6, 6.07) is 17.4. The number of allylic oxidation sites excluding steroid dienone is 3. The lowest BCUT2D eigenvalue weighted by Gasteiger charge is -2.31. The van der Waals surface area contributed by atoms with Crippen molar-refractivity contribution in [1.82, 2.24) is 25.4 Å². The molecule has 2 aliphatic rings. The van der Waals surface area contributed by atoms with Crippen LogP contribution in [-0.2, 0) is 0 Å². The van der Waals surface area contributed by atoms with E-state index in [2.05, 4.69) is 43.6 Å². The van der Waals surface area contributed by atoms with Gasteiger partial charge in [-0.3, -0.25) is 19.8 Å². The molecule has 2 aromatic heterocycles. The summed E-state index contributed by atoms with van der Waals surface area (Å²) in [5.41, 5.74) is 5.06. The number of carbonyl (C=O) groups excluding carboxylic acids is 1. The van der Waals surface area contributed by atoms with Crippen molar-refractivity contribution in [3.8, 4) is 22.6 Å². The molecule has 190 valence electrons. The molecule has 38 heavy (non-hydrogen) atoms. The molecule has 1 amide bonds. The van der Waals surface area contributed by atoms with Gasteiger partial charge in [-0.2, -0.15) is 5.10 Å². The van der Waals surface area contributed by atoms with Gasteiger partial charge in [0.2, 0.25) is 0 Å². The quantitative estimate of drug-likeness (QED) is 0.323. The van der Waals surface area contributed by atoms with Gasteiger partial charge in [-0.25, -0.2) is 0 Å². The van der Waals surface area contributed by atoms with Crippen molar-refractivity contribution in [2.75, 3.05) is 19.6 Å². The van der Waals surface area contributed by atoms with Crippen LogP contribution in [0, 0.1) is 0 Å². The van der Waals surface area contributed by atoms with Crippen LogP contribution in [0.1, 0.15) is 29.8 Å². The summed E-state index contributed by atoms with van der Waals surface area (Å²) >= 11 is 0. The number of aromatic nitrogens is 3. The lowest BCUT2D eigenvalue weighted by Crippen LogP contribution is -2.38. The number of likely N-dealkylation sites (tertiary alicyclic amines) is 1. The third kappa shape index (κ3) is 5.43. The maximum atomic E-state index is 13.3. The van der Waals surface area contributed by atoms with Gasteiger partial charge in [0, 0.05) is 29.4 Å². The van der Waals surface area contributed by atoms with Gasteiger partial charge in [0.15, 0.2) is 5.69 Å². The summed E-state index contributed by atoms with van der Waals surface area (Å²) in [7, 11) is 0. The normalized spacial score (nSPS) is 15.7. The van der Waals surface area contributed by atoms with E-state index in [0.717, 1.165) is 52.9 Å². The molecule has 7 heteroatoms. The Morgan fingerprint density at radius 2 is 1.82 bits per heavy atom. The minimum atomic E-state index is -0.238. The molecule has 1 aliphatic carbocycles. The summed E-state index contributed by atoms with van der Waals surface area (Å²) in [5.74, 6) is 1.15. The van der Waals surface area contributed by atoms with Gasteiger partial charge in [-0.15, -0.1) is 0 Å². The van der Waals surface area contributed by atoms with E-state index in [1.807, 2.05) is 60.7 Å². The highest BCUT2D eigenvalue weighted by Gasteiger charge is 2.17. The maximum Gasteiger partial charge on any atom is 0.276 e. The number of nitrogens with zero attached hydrogens (tertiary/aromatic N) is 3. The first-order valence-electron chi connectivity index (χ1n) is 13.0. The number of amides is 1. The Balaban J connectivity index is 1.20. The number of nitrogens with one attached hydrogen (secondary N) is 2. The lowest BCUT2D eigenvalue weighted by molar-refractivity contribution is 0.0963. The van der Waals surface area contributed by atoms with Gasteiger partial charge >= 0.3 is 0 Å². The Labute approximate surface area is 221 Å². The van der Waals surface area contributed by atoms with Crippen LogP contribution in [0.3, 0.4) is 0 Å². The number of benzene rings is 2. The van der Waals surface area contributed by atoms with E-state index in [4.69, 9.17) is 4.74 Å². The number of aromatic amines is 1. The molecule has 2 N–H and O–H groups in total. The first-order valence-corrected chi connectivity index (χ1v) is 13.0. The highest BCUT2D eigenvalue weighted by atomic mass is 16.5. The molecule has 0 saturated carbocycles. The van der Waals surface area contributed by atoms with Crippen molar-refractivity contribution in [3.63, 3.8) is 0 Å². The Hall–Kier alpha value is -4.49. The number of para-hydroxylation sites is 1. The van der Waals surface area contributed by atoms with Crippen LogP contribution < -0.4 is 10.1 Å². The Morgan fingerprint density at radius 1 is 0.947 bits per heavy atom. The third-order valence-corrected chi connectivity index (χ3v) is 6.83. The van der Waals surface area contributed by atoms with E-state index in [-0.39, 0.29) is 5.91 Å². The number of hydrogen-bond acceptors (Lipinski definition) is 5. The van der Waals surface area contributed by atoms with E-state index in [1.165, 1.54) is 25.1 Å². The zero-order chi connectivity index (χ0) is 25.7. The fourth-order valence-electron chi connectivity index (χ4n) is 4.66. The minimum Gasteiger partial charge on any atom is -0.456 e. The van der Waals surface area contributed by atoms with Gasteiger partial charge in [0.25, 0.3) is 5.91 Å². The first-order chi connectivity index (χ1) is 18.7. The van der Waals surface area contributed by atoms with Gasteiger partial charge in [-0.1, -0.05) is 42.5 Å². The number of carbonyl (C=O) groups is 1. The molecule has 2 aromatic carbocycles. The number of H-pyrrole nitrogens is 1. The van der Waals surface area contributed by atoms with Crippen molar-refractivity contribution in [1.29, 1.82) is 0 Å². The standard InChI is InChI=1S/C31H29N5O2/c37-31(33-25-8-5-4-7-22(11-13-25)21-36-15-6-16-36)30-28-18-23(12-14-29(28)34-35-30)24-17-27(20-32-19-24)38-26-9-2-1-3-10-26/h1-3,7-14,17-20H,4-6,15-16,21H2,(H,33,37)(H,34,35). The van der Waals surface area contributed by atoms with Gasteiger partial charge in [0.1, 0.15) is 11.5 Å². The predicted octanol–water partition coefficient (Wildman–Crippen LogP) is 6.01. The molecule has 1 aliphatic heterocycles. The smallest absolute Gasteiger partial charge is 0.276 e. The van der Waals surface area contributed by atoms with Crippen molar-refractivity contribution >= 4 is 16.8 Å². The van der Waals surface area contributed by atoms with Crippen LogP contribution in [0.15, 0.2) is 103 Å². The first kappa shape index (κ1) is 23.9. The highest BCUT2D eigenvalue weighted by molar-refractivity contribution is 6.06. The second-order valence-corrected chi connectivity index (χ2v) is 9.59. The highest BCUT2D eigenvalue weighted by Crippen LogP contribution is 2.29. The Kier molecular flexibility index (Phi) is 6.83. The number of fused-ring (bicyclic) bond motifs is 1. The van der Waals surface area contributed by atoms with Gasteiger partial charge < -0.3 is 10.1 Å².